The quantitative estimate of drug-likeness (QED) is 0.178. The van der Waals surface area contributed by atoms with Crippen LogP contribution in [0.2, 0.25) is 0 Å². The van der Waals surface area contributed by atoms with Crippen molar-refractivity contribution in [2.75, 3.05) is 19.6 Å². The van der Waals surface area contributed by atoms with E-state index >= 15 is 0 Å². The summed E-state index contributed by atoms with van der Waals surface area (Å²) < 4.78 is 2.05. The lowest BCUT2D eigenvalue weighted by Gasteiger charge is -2.11. The Hall–Kier alpha value is -2.10. The molecule has 3 aromatic rings. The lowest BCUT2D eigenvalue weighted by atomic mass is 10.3. The van der Waals surface area contributed by atoms with Crippen LogP contribution in [0.1, 0.15) is 37.0 Å². The number of para-hydroxylation sites is 2. The predicted octanol–water partition coefficient (Wildman–Crippen LogP) is 3.57. The maximum Gasteiger partial charge on any atom is 0.191 e. The van der Waals surface area contributed by atoms with Crippen molar-refractivity contribution < 1.29 is 0 Å². The molecule has 7 nitrogen and oxygen atoms in total. The van der Waals surface area contributed by atoms with Crippen molar-refractivity contribution in [3.05, 3.63) is 47.5 Å². The number of aliphatic imine (C=N–C) groups is 1. The van der Waals surface area contributed by atoms with Gasteiger partial charge in [0.2, 0.25) is 0 Å². The van der Waals surface area contributed by atoms with Gasteiger partial charge in [-0.3, -0.25) is 9.67 Å². The standard InChI is InChI=1S/C21H31N7.HI/c1-4-22-21(24-13-8-14-28-17(3)15-16(2)27-28)23-12-7-11-20-25-18-9-5-6-10-19(18)26-20;/h5-6,9-10,15H,4,7-8,11-14H2,1-3H3,(H,25,26)(H2,22,23,24);1H. The Balaban J connectivity index is 0.00000300. The van der Waals surface area contributed by atoms with E-state index in [0.29, 0.717) is 0 Å². The van der Waals surface area contributed by atoms with Gasteiger partial charge in [0.1, 0.15) is 5.82 Å². The van der Waals surface area contributed by atoms with Crippen LogP contribution in [0.4, 0.5) is 0 Å². The van der Waals surface area contributed by atoms with Gasteiger partial charge in [0, 0.05) is 38.3 Å². The maximum atomic E-state index is 4.67. The highest BCUT2D eigenvalue weighted by molar-refractivity contribution is 14.0. The molecule has 2 heterocycles. The van der Waals surface area contributed by atoms with E-state index < -0.39 is 0 Å². The highest BCUT2D eigenvalue weighted by Crippen LogP contribution is 2.11. The molecule has 3 N–H and O–H groups in total. The molecule has 0 atom stereocenters. The Kier molecular flexibility index (Phi) is 9.43. The third kappa shape index (κ3) is 7.02. The third-order valence-corrected chi connectivity index (χ3v) is 4.57. The molecule has 0 bridgehead atoms. The number of benzene rings is 1. The summed E-state index contributed by atoms with van der Waals surface area (Å²) in [5.41, 5.74) is 4.41. The van der Waals surface area contributed by atoms with Gasteiger partial charge in [-0.2, -0.15) is 5.10 Å². The van der Waals surface area contributed by atoms with Crippen LogP contribution in [0.15, 0.2) is 35.3 Å². The van der Waals surface area contributed by atoms with Gasteiger partial charge in [0.25, 0.3) is 0 Å². The van der Waals surface area contributed by atoms with Crippen LogP contribution < -0.4 is 10.6 Å². The van der Waals surface area contributed by atoms with Crippen LogP contribution in [-0.2, 0) is 13.0 Å². The van der Waals surface area contributed by atoms with Crippen LogP contribution in [-0.4, -0.2) is 45.3 Å². The third-order valence-electron chi connectivity index (χ3n) is 4.57. The molecule has 0 spiro atoms. The molecule has 0 aliphatic carbocycles. The molecule has 0 radical (unpaired) electrons. The van der Waals surface area contributed by atoms with Crippen molar-refractivity contribution in [1.82, 2.24) is 30.4 Å². The molecule has 2 aromatic heterocycles. The van der Waals surface area contributed by atoms with E-state index in [1.807, 2.05) is 25.1 Å². The van der Waals surface area contributed by atoms with E-state index in [4.69, 9.17) is 0 Å². The number of hydrogen-bond acceptors (Lipinski definition) is 3. The second-order valence-corrected chi connectivity index (χ2v) is 7.00. The molecular weight excluding hydrogens is 477 g/mol. The lowest BCUT2D eigenvalue weighted by Crippen LogP contribution is -2.38. The number of nitrogens with one attached hydrogen (secondary N) is 3. The van der Waals surface area contributed by atoms with E-state index in [1.54, 1.807) is 0 Å². The van der Waals surface area contributed by atoms with Gasteiger partial charge in [-0.15, -0.1) is 24.0 Å². The van der Waals surface area contributed by atoms with Crippen LogP contribution in [0.5, 0.6) is 0 Å². The summed E-state index contributed by atoms with van der Waals surface area (Å²) in [5.74, 6) is 1.91. The Morgan fingerprint density at radius 2 is 2.00 bits per heavy atom. The summed E-state index contributed by atoms with van der Waals surface area (Å²) in [5, 5.41) is 11.2. The molecule has 29 heavy (non-hydrogen) atoms. The second-order valence-electron chi connectivity index (χ2n) is 7.00. The fourth-order valence-electron chi connectivity index (χ4n) is 3.24. The van der Waals surface area contributed by atoms with E-state index in [0.717, 1.165) is 74.0 Å². The summed E-state index contributed by atoms with van der Waals surface area (Å²) >= 11 is 0. The van der Waals surface area contributed by atoms with Crippen LogP contribution >= 0.6 is 24.0 Å². The van der Waals surface area contributed by atoms with Crippen molar-refractivity contribution in [3.8, 4) is 0 Å². The number of H-pyrrole nitrogens is 1. The minimum absolute atomic E-state index is 0. The maximum absolute atomic E-state index is 4.67. The van der Waals surface area contributed by atoms with Crippen molar-refractivity contribution in [1.29, 1.82) is 0 Å². The molecule has 1 aromatic carbocycles. The summed E-state index contributed by atoms with van der Waals surface area (Å²) in [6, 6.07) is 10.3. The summed E-state index contributed by atoms with van der Waals surface area (Å²) in [4.78, 5) is 12.7. The smallest absolute Gasteiger partial charge is 0.191 e. The number of imidazole rings is 1. The van der Waals surface area contributed by atoms with Gasteiger partial charge < -0.3 is 15.6 Å². The van der Waals surface area contributed by atoms with Crippen LogP contribution in [0.25, 0.3) is 11.0 Å². The summed E-state index contributed by atoms with van der Waals surface area (Å²) in [6.45, 7) is 9.59. The zero-order valence-corrected chi connectivity index (χ0v) is 19.9. The monoisotopic (exact) mass is 509 g/mol. The second kappa shape index (κ2) is 11.8. The number of fused-ring (bicyclic) bond motifs is 1. The van der Waals surface area contributed by atoms with E-state index in [-0.39, 0.29) is 24.0 Å². The average Bonchev–Trinajstić information content (AvgIpc) is 3.23. The first-order chi connectivity index (χ1) is 13.7. The van der Waals surface area contributed by atoms with Crippen molar-refractivity contribution in [2.24, 2.45) is 4.99 Å². The molecule has 0 saturated heterocycles. The van der Waals surface area contributed by atoms with Gasteiger partial charge in [-0.25, -0.2) is 4.98 Å². The van der Waals surface area contributed by atoms with E-state index in [9.17, 15) is 0 Å². The predicted molar refractivity (Wildman–Crippen MR) is 130 cm³/mol. The molecule has 8 heteroatoms. The van der Waals surface area contributed by atoms with Gasteiger partial charge in [0.05, 0.1) is 16.7 Å². The van der Waals surface area contributed by atoms with Crippen molar-refractivity contribution in [2.45, 2.75) is 46.6 Å². The lowest BCUT2D eigenvalue weighted by molar-refractivity contribution is 0.567. The van der Waals surface area contributed by atoms with Crippen molar-refractivity contribution >= 4 is 41.0 Å². The Bertz CT molecular complexity index is 880. The SMILES string of the molecule is CCNC(=NCCCn1nc(C)cc1C)NCCCc1nc2ccccc2[nH]1.I. The molecular formula is C21H32IN7. The fourth-order valence-corrected chi connectivity index (χ4v) is 3.24. The molecule has 3 rings (SSSR count). The minimum Gasteiger partial charge on any atom is -0.357 e. The number of aromatic nitrogens is 4. The Labute approximate surface area is 189 Å². The number of halogens is 1. The zero-order chi connectivity index (χ0) is 19.8. The number of guanidine groups is 1. The first-order valence-corrected chi connectivity index (χ1v) is 10.1. The normalized spacial score (nSPS) is 11.5. The van der Waals surface area contributed by atoms with Gasteiger partial charge in [-0.1, -0.05) is 12.1 Å². The van der Waals surface area contributed by atoms with E-state index in [1.165, 1.54) is 5.69 Å². The number of aryl methyl sites for hydroxylation is 4. The van der Waals surface area contributed by atoms with Crippen LogP contribution in [0.3, 0.4) is 0 Å². The van der Waals surface area contributed by atoms with Gasteiger partial charge in [0.15, 0.2) is 5.96 Å². The average molecular weight is 509 g/mol. The van der Waals surface area contributed by atoms with Crippen LogP contribution in [0, 0.1) is 13.8 Å². The first kappa shape index (κ1) is 23.2. The Morgan fingerprint density at radius 3 is 2.72 bits per heavy atom. The number of rotatable bonds is 9. The molecule has 0 fully saturated rings. The van der Waals surface area contributed by atoms with Gasteiger partial charge >= 0.3 is 0 Å². The number of aromatic amines is 1. The van der Waals surface area contributed by atoms with Gasteiger partial charge in [-0.05, 0) is 51.8 Å². The molecule has 0 aliphatic rings. The highest BCUT2D eigenvalue weighted by atomic mass is 127. The molecule has 0 amide bonds. The molecule has 0 saturated carbocycles. The number of nitrogens with zero attached hydrogens (tertiary/aromatic N) is 4. The van der Waals surface area contributed by atoms with E-state index in [2.05, 4.69) is 61.4 Å². The first-order valence-electron chi connectivity index (χ1n) is 10.1. The fraction of sp³-hybridized carbons (Fsp3) is 0.476. The highest BCUT2D eigenvalue weighted by Gasteiger charge is 2.03. The topological polar surface area (TPSA) is 82.9 Å². The zero-order valence-electron chi connectivity index (χ0n) is 17.5. The molecule has 0 aliphatic heterocycles. The molecule has 158 valence electrons. The van der Waals surface area contributed by atoms with Crippen molar-refractivity contribution in [3.63, 3.8) is 0 Å². The largest absolute Gasteiger partial charge is 0.357 e. The minimum atomic E-state index is 0. The number of hydrogen-bond donors (Lipinski definition) is 3. The Morgan fingerprint density at radius 1 is 1.17 bits per heavy atom. The summed E-state index contributed by atoms with van der Waals surface area (Å²) in [7, 11) is 0. The molecule has 0 unspecified atom stereocenters. The summed E-state index contributed by atoms with van der Waals surface area (Å²) in [6.07, 6.45) is 2.88.